The number of benzene rings is 2. The maximum Gasteiger partial charge on any atom is 0.272 e. The molecule has 0 aliphatic heterocycles. The van der Waals surface area contributed by atoms with Gasteiger partial charge in [0, 0.05) is 19.7 Å². The number of aromatic hydroxyl groups is 1. The van der Waals surface area contributed by atoms with Crippen LogP contribution in [-0.4, -0.2) is 42.7 Å². The van der Waals surface area contributed by atoms with Crippen molar-refractivity contribution in [3.05, 3.63) is 66.1 Å². The predicted octanol–water partition coefficient (Wildman–Crippen LogP) is 2.94. The first-order valence-corrected chi connectivity index (χ1v) is 8.53. The minimum Gasteiger partial charge on any atom is -0.508 e. The van der Waals surface area contributed by atoms with Gasteiger partial charge in [-0.3, -0.25) is 9.89 Å². The first kappa shape index (κ1) is 16.8. The number of carbonyl (C=O) groups is 1. The summed E-state index contributed by atoms with van der Waals surface area (Å²) < 4.78 is 1.99. The van der Waals surface area contributed by atoms with Crippen LogP contribution in [0, 0.1) is 0 Å². The highest BCUT2D eigenvalue weighted by molar-refractivity contribution is 5.93. The predicted molar refractivity (Wildman–Crippen MR) is 102 cm³/mol. The molecule has 2 N–H and O–H groups in total. The number of phenolic OH excluding ortho intramolecular Hbond substituents is 1. The lowest BCUT2D eigenvalue weighted by molar-refractivity contribution is 0.0775. The van der Waals surface area contributed by atoms with Gasteiger partial charge in [0.05, 0.1) is 23.3 Å². The number of hydrogen-bond acceptors (Lipinski definition) is 4. The Labute approximate surface area is 155 Å². The molecule has 2 heterocycles. The number of amides is 1. The van der Waals surface area contributed by atoms with Crippen LogP contribution in [0.25, 0.3) is 22.3 Å². The van der Waals surface area contributed by atoms with Crippen LogP contribution >= 0.6 is 0 Å². The number of aryl methyl sites for hydroxylation is 1. The minimum absolute atomic E-state index is 0.167. The number of imidazole rings is 1. The molecule has 7 heteroatoms. The van der Waals surface area contributed by atoms with Crippen LogP contribution in [0.4, 0.5) is 0 Å². The van der Waals surface area contributed by atoms with E-state index in [2.05, 4.69) is 15.2 Å². The Morgan fingerprint density at radius 1 is 1.19 bits per heavy atom. The molecule has 0 fully saturated rings. The third-order valence-electron chi connectivity index (χ3n) is 4.58. The molecule has 4 aromatic rings. The van der Waals surface area contributed by atoms with E-state index in [1.165, 1.54) is 0 Å². The van der Waals surface area contributed by atoms with Gasteiger partial charge in [-0.1, -0.05) is 12.1 Å². The highest BCUT2D eigenvalue weighted by Gasteiger charge is 2.18. The van der Waals surface area contributed by atoms with E-state index in [9.17, 15) is 9.90 Å². The van der Waals surface area contributed by atoms with Gasteiger partial charge in [-0.05, 0) is 42.5 Å². The van der Waals surface area contributed by atoms with E-state index in [1.54, 1.807) is 42.3 Å². The second-order valence-corrected chi connectivity index (χ2v) is 6.45. The van der Waals surface area contributed by atoms with E-state index < -0.39 is 0 Å². The van der Waals surface area contributed by atoms with Gasteiger partial charge in [0.15, 0.2) is 0 Å². The van der Waals surface area contributed by atoms with Crippen molar-refractivity contribution in [2.24, 2.45) is 7.05 Å². The Bertz CT molecular complexity index is 1110. The number of carbonyl (C=O) groups excluding carboxylic acids is 1. The second kappa shape index (κ2) is 6.60. The summed E-state index contributed by atoms with van der Waals surface area (Å²) in [4.78, 5) is 19.0. The van der Waals surface area contributed by atoms with Crippen molar-refractivity contribution in [1.82, 2.24) is 24.6 Å². The Balaban J connectivity index is 1.53. The van der Waals surface area contributed by atoms with Crippen LogP contribution in [0.1, 0.15) is 16.3 Å². The molecule has 27 heavy (non-hydrogen) atoms. The van der Waals surface area contributed by atoms with Gasteiger partial charge in [-0.2, -0.15) is 5.10 Å². The first-order valence-electron chi connectivity index (χ1n) is 8.53. The van der Waals surface area contributed by atoms with Gasteiger partial charge < -0.3 is 14.6 Å². The van der Waals surface area contributed by atoms with Crippen LogP contribution < -0.4 is 0 Å². The molecule has 7 nitrogen and oxygen atoms in total. The van der Waals surface area contributed by atoms with Gasteiger partial charge in [-0.25, -0.2) is 4.98 Å². The number of nitrogens with zero attached hydrogens (tertiary/aromatic N) is 4. The standard InChI is InChI=1S/C20H19N5O2/c1-24(12-19-21-15-5-3-4-6-18(15)25(19)2)20(27)17-11-16(22-23-17)13-7-9-14(26)10-8-13/h3-11,26H,12H2,1-2H3,(H,22,23). The average molecular weight is 361 g/mol. The fourth-order valence-corrected chi connectivity index (χ4v) is 3.04. The number of phenols is 1. The molecular weight excluding hydrogens is 342 g/mol. The summed E-state index contributed by atoms with van der Waals surface area (Å²) >= 11 is 0. The number of para-hydroxylation sites is 2. The fraction of sp³-hybridized carbons (Fsp3) is 0.150. The number of fused-ring (bicyclic) bond motifs is 1. The highest BCUT2D eigenvalue weighted by atomic mass is 16.3. The molecule has 1 amide bonds. The van der Waals surface area contributed by atoms with Gasteiger partial charge in [-0.15, -0.1) is 0 Å². The Kier molecular flexibility index (Phi) is 4.12. The number of hydrogen-bond donors (Lipinski definition) is 2. The van der Waals surface area contributed by atoms with Crippen molar-refractivity contribution >= 4 is 16.9 Å². The summed E-state index contributed by atoms with van der Waals surface area (Å²) in [6, 6.07) is 16.3. The largest absolute Gasteiger partial charge is 0.508 e. The minimum atomic E-state index is -0.167. The van der Waals surface area contributed by atoms with Gasteiger partial charge in [0.2, 0.25) is 0 Å². The van der Waals surface area contributed by atoms with Gasteiger partial charge in [0.1, 0.15) is 17.3 Å². The molecule has 4 rings (SSSR count). The zero-order chi connectivity index (χ0) is 19.0. The lowest BCUT2D eigenvalue weighted by Crippen LogP contribution is -2.27. The van der Waals surface area contributed by atoms with Gasteiger partial charge >= 0.3 is 0 Å². The summed E-state index contributed by atoms with van der Waals surface area (Å²) in [6.45, 7) is 0.386. The van der Waals surface area contributed by atoms with Crippen molar-refractivity contribution in [3.63, 3.8) is 0 Å². The lowest BCUT2D eigenvalue weighted by atomic mass is 10.1. The summed E-state index contributed by atoms with van der Waals surface area (Å²) in [5.41, 5.74) is 3.81. The van der Waals surface area contributed by atoms with Gasteiger partial charge in [0.25, 0.3) is 5.91 Å². The van der Waals surface area contributed by atoms with Crippen molar-refractivity contribution in [2.75, 3.05) is 7.05 Å². The molecule has 0 unspecified atom stereocenters. The molecular formula is C20H19N5O2. The van der Waals surface area contributed by atoms with Crippen LogP contribution in [0.5, 0.6) is 5.75 Å². The van der Waals surface area contributed by atoms with Crippen LogP contribution in [0.2, 0.25) is 0 Å². The summed E-state index contributed by atoms with van der Waals surface area (Å²) in [6.07, 6.45) is 0. The smallest absolute Gasteiger partial charge is 0.272 e. The molecule has 0 spiro atoms. The molecule has 2 aromatic heterocycles. The SMILES string of the molecule is CN(Cc1nc2ccccc2n1C)C(=O)c1cc(-c2ccc(O)cc2)n[nH]1. The molecule has 0 saturated carbocycles. The van der Waals surface area contributed by atoms with Crippen LogP contribution in [0.3, 0.4) is 0 Å². The third kappa shape index (κ3) is 3.15. The molecule has 0 aliphatic rings. The molecule has 0 saturated heterocycles. The van der Waals surface area contributed by atoms with Crippen molar-refractivity contribution in [2.45, 2.75) is 6.54 Å². The van der Waals surface area contributed by atoms with E-state index in [1.807, 2.05) is 35.9 Å². The zero-order valence-corrected chi connectivity index (χ0v) is 15.0. The molecule has 0 aliphatic carbocycles. The zero-order valence-electron chi connectivity index (χ0n) is 15.0. The van der Waals surface area contributed by atoms with E-state index in [4.69, 9.17) is 0 Å². The van der Waals surface area contributed by atoms with Crippen LogP contribution in [-0.2, 0) is 13.6 Å². The number of nitrogens with one attached hydrogen (secondary N) is 1. The number of rotatable bonds is 4. The topological polar surface area (TPSA) is 87.0 Å². The lowest BCUT2D eigenvalue weighted by Gasteiger charge is -2.15. The maximum absolute atomic E-state index is 12.8. The summed E-state index contributed by atoms with van der Waals surface area (Å²) in [5.74, 6) is 0.831. The van der Waals surface area contributed by atoms with E-state index in [-0.39, 0.29) is 11.7 Å². The highest BCUT2D eigenvalue weighted by Crippen LogP contribution is 2.21. The van der Waals surface area contributed by atoms with Crippen molar-refractivity contribution in [1.29, 1.82) is 0 Å². The van der Waals surface area contributed by atoms with Crippen molar-refractivity contribution < 1.29 is 9.90 Å². The van der Waals surface area contributed by atoms with Crippen LogP contribution in [0.15, 0.2) is 54.6 Å². The molecule has 2 aromatic carbocycles. The number of H-pyrrole nitrogens is 1. The molecule has 0 radical (unpaired) electrons. The number of aromatic nitrogens is 4. The maximum atomic E-state index is 12.8. The Hall–Kier alpha value is -3.61. The Morgan fingerprint density at radius 2 is 1.93 bits per heavy atom. The quantitative estimate of drug-likeness (QED) is 0.585. The van der Waals surface area contributed by atoms with E-state index in [0.29, 0.717) is 17.9 Å². The molecule has 136 valence electrons. The summed E-state index contributed by atoms with van der Waals surface area (Å²) in [7, 11) is 3.69. The average Bonchev–Trinajstić information content (AvgIpc) is 3.28. The van der Waals surface area contributed by atoms with Crippen molar-refractivity contribution in [3.8, 4) is 17.0 Å². The normalized spacial score (nSPS) is 11.0. The molecule has 0 atom stereocenters. The first-order chi connectivity index (χ1) is 13.0. The Morgan fingerprint density at radius 3 is 2.67 bits per heavy atom. The monoisotopic (exact) mass is 361 g/mol. The fourth-order valence-electron chi connectivity index (χ4n) is 3.04. The third-order valence-corrected chi connectivity index (χ3v) is 4.58. The number of aromatic amines is 1. The second-order valence-electron chi connectivity index (χ2n) is 6.45. The van der Waals surface area contributed by atoms with E-state index >= 15 is 0 Å². The molecule has 0 bridgehead atoms. The van der Waals surface area contributed by atoms with E-state index in [0.717, 1.165) is 22.4 Å². The summed E-state index contributed by atoms with van der Waals surface area (Å²) in [5, 5.41) is 16.4.